The number of ether oxygens (including phenoxy) is 1. The number of hydrogen-bond donors (Lipinski definition) is 1. The quantitative estimate of drug-likeness (QED) is 0.579. The van der Waals surface area contributed by atoms with E-state index >= 15 is 0 Å². The number of rotatable bonds is 7. The Morgan fingerprint density at radius 1 is 1.47 bits per heavy atom. The van der Waals surface area contributed by atoms with Gasteiger partial charge in [0.15, 0.2) is 0 Å². The van der Waals surface area contributed by atoms with E-state index in [0.717, 1.165) is 17.7 Å². The van der Waals surface area contributed by atoms with Crippen LogP contribution in [-0.2, 0) is 11.2 Å². The van der Waals surface area contributed by atoms with Gasteiger partial charge in [-0.05, 0) is 37.5 Å². The fraction of sp³-hybridized carbons (Fsp3) is 0.357. The van der Waals surface area contributed by atoms with Crippen molar-refractivity contribution >= 4 is 5.78 Å². The third-order valence-electron chi connectivity index (χ3n) is 2.49. The van der Waals surface area contributed by atoms with Crippen LogP contribution < -0.4 is 10.5 Å². The molecule has 0 amide bonds. The Morgan fingerprint density at radius 2 is 2.12 bits per heavy atom. The van der Waals surface area contributed by atoms with Gasteiger partial charge in [0.1, 0.15) is 11.5 Å². The maximum Gasteiger partial charge on any atom is 0.146 e. The van der Waals surface area contributed by atoms with Crippen molar-refractivity contribution in [3.63, 3.8) is 0 Å². The number of hydrogen-bond acceptors (Lipinski definition) is 3. The first-order chi connectivity index (χ1) is 8.13. The van der Waals surface area contributed by atoms with Crippen molar-refractivity contribution in [3.05, 3.63) is 42.5 Å². The van der Waals surface area contributed by atoms with E-state index in [2.05, 4.69) is 6.58 Å². The summed E-state index contributed by atoms with van der Waals surface area (Å²) < 4.78 is 5.48. The van der Waals surface area contributed by atoms with Crippen molar-refractivity contribution in [1.29, 1.82) is 0 Å². The fourth-order valence-corrected chi connectivity index (χ4v) is 1.38. The van der Waals surface area contributed by atoms with E-state index < -0.39 is 6.04 Å². The molecule has 0 aromatic heterocycles. The maximum atomic E-state index is 11.0. The highest BCUT2D eigenvalue weighted by molar-refractivity contribution is 5.81. The van der Waals surface area contributed by atoms with Gasteiger partial charge in [-0.3, -0.25) is 4.79 Å². The molecular weight excluding hydrogens is 214 g/mol. The molecule has 17 heavy (non-hydrogen) atoms. The highest BCUT2D eigenvalue weighted by atomic mass is 16.5. The summed E-state index contributed by atoms with van der Waals surface area (Å²) in [6.45, 7) is 5.78. The van der Waals surface area contributed by atoms with Crippen LogP contribution in [0.15, 0.2) is 36.9 Å². The van der Waals surface area contributed by atoms with Crippen molar-refractivity contribution in [1.82, 2.24) is 0 Å². The molecule has 0 saturated heterocycles. The second kappa shape index (κ2) is 6.86. The van der Waals surface area contributed by atoms with Crippen LogP contribution in [0.3, 0.4) is 0 Å². The molecule has 0 fully saturated rings. The Hall–Kier alpha value is -1.61. The predicted molar refractivity (Wildman–Crippen MR) is 69.1 cm³/mol. The first kappa shape index (κ1) is 13.5. The Bertz CT molecular complexity index is 370. The number of ketones is 1. The molecule has 0 aliphatic rings. The lowest BCUT2D eigenvalue weighted by Gasteiger charge is -2.09. The summed E-state index contributed by atoms with van der Waals surface area (Å²) >= 11 is 0. The summed E-state index contributed by atoms with van der Waals surface area (Å²) in [7, 11) is 0. The van der Waals surface area contributed by atoms with Crippen LogP contribution in [0, 0.1) is 0 Å². The molecule has 1 rings (SSSR count). The van der Waals surface area contributed by atoms with E-state index in [9.17, 15) is 4.79 Å². The van der Waals surface area contributed by atoms with E-state index in [4.69, 9.17) is 10.5 Å². The summed E-state index contributed by atoms with van der Waals surface area (Å²) in [4.78, 5) is 11.0. The lowest BCUT2D eigenvalue weighted by molar-refractivity contribution is -0.118. The summed E-state index contributed by atoms with van der Waals surface area (Å²) in [5.74, 6) is 0.836. The molecular formula is C14H19NO2. The number of benzene rings is 1. The summed E-state index contributed by atoms with van der Waals surface area (Å²) in [5.41, 5.74) is 6.74. The van der Waals surface area contributed by atoms with Crippen molar-refractivity contribution < 1.29 is 9.53 Å². The topological polar surface area (TPSA) is 52.3 Å². The molecule has 3 heteroatoms. The SMILES string of the molecule is C=CCCOc1ccc(C[C@H](N)C(C)=O)cc1. The molecule has 0 unspecified atom stereocenters. The molecule has 1 aromatic rings. The fourth-order valence-electron chi connectivity index (χ4n) is 1.38. The Kier molecular flexibility index (Phi) is 5.43. The molecule has 0 saturated carbocycles. The third kappa shape index (κ3) is 4.83. The van der Waals surface area contributed by atoms with Crippen molar-refractivity contribution in [2.24, 2.45) is 5.73 Å². The van der Waals surface area contributed by atoms with Gasteiger partial charge in [-0.1, -0.05) is 18.2 Å². The largest absolute Gasteiger partial charge is 0.493 e. The third-order valence-corrected chi connectivity index (χ3v) is 2.49. The van der Waals surface area contributed by atoms with Crippen molar-refractivity contribution in [3.8, 4) is 5.75 Å². The van der Waals surface area contributed by atoms with Gasteiger partial charge in [0, 0.05) is 0 Å². The number of carbonyl (C=O) groups is 1. The monoisotopic (exact) mass is 233 g/mol. The summed E-state index contributed by atoms with van der Waals surface area (Å²) in [6, 6.07) is 7.25. The minimum atomic E-state index is -0.414. The molecule has 3 nitrogen and oxygen atoms in total. The van der Waals surface area contributed by atoms with Crippen LogP contribution in [-0.4, -0.2) is 18.4 Å². The normalized spacial score (nSPS) is 11.9. The Balaban J connectivity index is 2.49. The number of Topliss-reactive ketones (excluding diaryl/α,β-unsaturated/α-hetero) is 1. The molecule has 0 radical (unpaired) electrons. The summed E-state index contributed by atoms with van der Waals surface area (Å²) in [6.07, 6.45) is 3.22. The number of nitrogens with two attached hydrogens (primary N) is 1. The van der Waals surface area contributed by atoms with Gasteiger partial charge in [-0.25, -0.2) is 0 Å². The van der Waals surface area contributed by atoms with E-state index in [1.165, 1.54) is 6.92 Å². The lowest BCUT2D eigenvalue weighted by atomic mass is 10.0. The highest BCUT2D eigenvalue weighted by Crippen LogP contribution is 2.13. The smallest absolute Gasteiger partial charge is 0.146 e. The molecule has 0 aliphatic heterocycles. The van der Waals surface area contributed by atoms with E-state index in [-0.39, 0.29) is 5.78 Å². The van der Waals surface area contributed by atoms with Crippen LogP contribution >= 0.6 is 0 Å². The zero-order valence-electron chi connectivity index (χ0n) is 10.2. The van der Waals surface area contributed by atoms with Crippen molar-refractivity contribution in [2.45, 2.75) is 25.8 Å². The first-order valence-electron chi connectivity index (χ1n) is 5.72. The van der Waals surface area contributed by atoms with Gasteiger partial charge < -0.3 is 10.5 Å². The molecule has 92 valence electrons. The predicted octanol–water partition coefficient (Wildman–Crippen LogP) is 2.10. The van der Waals surface area contributed by atoms with Crippen LogP contribution in [0.1, 0.15) is 18.9 Å². The van der Waals surface area contributed by atoms with Crippen LogP contribution in [0.5, 0.6) is 5.75 Å². The average Bonchev–Trinajstić information content (AvgIpc) is 2.31. The lowest BCUT2D eigenvalue weighted by Crippen LogP contribution is -2.30. The maximum absolute atomic E-state index is 11.0. The highest BCUT2D eigenvalue weighted by Gasteiger charge is 2.08. The minimum absolute atomic E-state index is 0.0105. The molecule has 0 heterocycles. The second-order valence-electron chi connectivity index (χ2n) is 3.99. The molecule has 1 aromatic carbocycles. The zero-order chi connectivity index (χ0) is 12.7. The van der Waals surface area contributed by atoms with Gasteiger partial charge in [0.2, 0.25) is 0 Å². The van der Waals surface area contributed by atoms with Crippen LogP contribution in [0.4, 0.5) is 0 Å². The second-order valence-corrected chi connectivity index (χ2v) is 3.99. The standard InChI is InChI=1S/C14H19NO2/c1-3-4-9-17-13-7-5-12(6-8-13)10-14(15)11(2)16/h3,5-8,14H,1,4,9-10,15H2,2H3/t14-/m0/s1. The summed E-state index contributed by atoms with van der Waals surface area (Å²) in [5, 5.41) is 0. The van der Waals surface area contributed by atoms with Crippen LogP contribution in [0.2, 0.25) is 0 Å². The first-order valence-corrected chi connectivity index (χ1v) is 5.72. The molecule has 0 aliphatic carbocycles. The van der Waals surface area contributed by atoms with Gasteiger partial charge >= 0.3 is 0 Å². The van der Waals surface area contributed by atoms with Gasteiger partial charge in [0.05, 0.1) is 12.6 Å². The van der Waals surface area contributed by atoms with E-state index in [0.29, 0.717) is 13.0 Å². The van der Waals surface area contributed by atoms with Gasteiger partial charge in [0.25, 0.3) is 0 Å². The molecule has 1 atom stereocenters. The van der Waals surface area contributed by atoms with Crippen molar-refractivity contribution in [2.75, 3.05) is 6.61 Å². The number of carbonyl (C=O) groups excluding carboxylic acids is 1. The van der Waals surface area contributed by atoms with Gasteiger partial charge in [-0.15, -0.1) is 6.58 Å². The zero-order valence-corrected chi connectivity index (χ0v) is 10.2. The Morgan fingerprint density at radius 3 is 2.65 bits per heavy atom. The minimum Gasteiger partial charge on any atom is -0.493 e. The van der Waals surface area contributed by atoms with Gasteiger partial charge in [-0.2, -0.15) is 0 Å². The Labute approximate surface area is 102 Å². The van der Waals surface area contributed by atoms with E-state index in [1.54, 1.807) is 0 Å². The van der Waals surface area contributed by atoms with E-state index in [1.807, 2.05) is 30.3 Å². The molecule has 2 N–H and O–H groups in total. The molecule has 0 bridgehead atoms. The molecule has 0 spiro atoms. The van der Waals surface area contributed by atoms with Crippen LogP contribution in [0.25, 0.3) is 0 Å². The average molecular weight is 233 g/mol.